The van der Waals surface area contributed by atoms with Gasteiger partial charge in [0.05, 0.1) is 17.0 Å². The zero-order valence-corrected chi connectivity index (χ0v) is 12.0. The molecule has 1 aromatic carbocycles. The minimum Gasteiger partial charge on any atom is -0.389 e. The summed E-state index contributed by atoms with van der Waals surface area (Å²) in [5.74, 6) is 0. The van der Waals surface area contributed by atoms with E-state index in [1.807, 2.05) is 0 Å². The molecule has 2 rings (SSSR count). The average molecular weight is 283 g/mol. The Bertz CT molecular complexity index is 519. The van der Waals surface area contributed by atoms with E-state index in [4.69, 9.17) is 0 Å². The lowest BCUT2D eigenvalue weighted by atomic mass is 10.0. The molecule has 0 heterocycles. The van der Waals surface area contributed by atoms with E-state index >= 15 is 0 Å². The number of nitrogens with one attached hydrogen (secondary N) is 1. The molecule has 0 radical (unpaired) electrons. The summed E-state index contributed by atoms with van der Waals surface area (Å²) in [4.78, 5) is 0. The summed E-state index contributed by atoms with van der Waals surface area (Å²) in [6.07, 6.45) is 3.84. The van der Waals surface area contributed by atoms with E-state index in [0.717, 1.165) is 32.1 Å². The molecule has 0 aliphatic heterocycles. The fourth-order valence-electron chi connectivity index (χ4n) is 2.57. The predicted molar refractivity (Wildman–Crippen MR) is 76.5 cm³/mol. The van der Waals surface area contributed by atoms with E-state index in [9.17, 15) is 13.5 Å². The molecule has 1 saturated carbocycles. The fourth-order valence-corrected chi connectivity index (χ4v) is 4.18. The van der Waals surface area contributed by atoms with E-state index in [0.29, 0.717) is 11.3 Å². The second-order valence-corrected chi connectivity index (χ2v) is 7.13. The monoisotopic (exact) mass is 283 g/mol. The fraction of sp³-hybridized carbons (Fsp3) is 0.571. The summed E-state index contributed by atoms with van der Waals surface area (Å²) in [5, 5.41) is 9.37. The molecule has 1 aromatic rings. The number of sulfonamides is 1. The molecular formula is C14H21NO3S. The van der Waals surface area contributed by atoms with Crippen molar-refractivity contribution in [3.8, 4) is 0 Å². The molecule has 1 aliphatic rings. The van der Waals surface area contributed by atoms with Gasteiger partial charge in [-0.2, -0.15) is 0 Å². The van der Waals surface area contributed by atoms with Crippen molar-refractivity contribution >= 4 is 15.7 Å². The number of rotatable bonds is 4. The number of aliphatic hydroxyl groups is 1. The van der Waals surface area contributed by atoms with Crippen molar-refractivity contribution in [2.45, 2.75) is 50.4 Å². The van der Waals surface area contributed by atoms with Crippen LogP contribution in [0.1, 0.15) is 50.7 Å². The Balaban J connectivity index is 2.20. The summed E-state index contributed by atoms with van der Waals surface area (Å²) >= 11 is 0. The molecule has 5 heteroatoms. The van der Waals surface area contributed by atoms with Crippen LogP contribution in [0.25, 0.3) is 0 Å². The minimum absolute atomic E-state index is 0.302. The highest BCUT2D eigenvalue weighted by Gasteiger charge is 2.27. The van der Waals surface area contributed by atoms with E-state index in [2.05, 4.69) is 4.72 Å². The van der Waals surface area contributed by atoms with Gasteiger partial charge in [-0.1, -0.05) is 37.5 Å². The van der Waals surface area contributed by atoms with Gasteiger partial charge in [0.25, 0.3) is 0 Å². The largest absolute Gasteiger partial charge is 0.389 e. The third kappa shape index (κ3) is 3.48. The van der Waals surface area contributed by atoms with Gasteiger partial charge in [-0.05, 0) is 25.8 Å². The topological polar surface area (TPSA) is 66.4 Å². The standard InChI is InChI=1S/C14H21NO3S/c1-11(16)13-9-5-6-10-14(13)15-19(17,18)12-7-3-2-4-8-12/h5-6,9-12,15-16H,2-4,7-8H2,1H3. The molecule has 106 valence electrons. The highest BCUT2D eigenvalue weighted by molar-refractivity contribution is 7.93. The molecule has 0 saturated heterocycles. The smallest absolute Gasteiger partial charge is 0.235 e. The molecule has 4 nitrogen and oxygen atoms in total. The maximum Gasteiger partial charge on any atom is 0.235 e. The van der Waals surface area contributed by atoms with E-state index in [1.54, 1.807) is 31.2 Å². The van der Waals surface area contributed by atoms with Gasteiger partial charge in [0, 0.05) is 5.56 Å². The van der Waals surface area contributed by atoms with Crippen LogP contribution >= 0.6 is 0 Å². The Morgan fingerprint density at radius 1 is 1.21 bits per heavy atom. The molecule has 1 unspecified atom stereocenters. The van der Waals surface area contributed by atoms with Crippen molar-refractivity contribution < 1.29 is 13.5 Å². The number of hydrogen-bond acceptors (Lipinski definition) is 3. The summed E-state index contributed by atoms with van der Waals surface area (Å²) in [6, 6.07) is 7.00. The van der Waals surface area contributed by atoms with Crippen LogP contribution in [0, 0.1) is 0 Å². The molecule has 2 N–H and O–H groups in total. The third-order valence-electron chi connectivity index (χ3n) is 3.65. The highest BCUT2D eigenvalue weighted by atomic mass is 32.2. The quantitative estimate of drug-likeness (QED) is 0.893. The molecule has 0 spiro atoms. The van der Waals surface area contributed by atoms with Crippen molar-refractivity contribution in [3.63, 3.8) is 0 Å². The van der Waals surface area contributed by atoms with Gasteiger partial charge >= 0.3 is 0 Å². The minimum atomic E-state index is -3.35. The first-order valence-electron chi connectivity index (χ1n) is 6.79. The Morgan fingerprint density at radius 2 is 1.84 bits per heavy atom. The molecule has 0 aromatic heterocycles. The predicted octanol–water partition coefficient (Wildman–Crippen LogP) is 2.81. The zero-order valence-electron chi connectivity index (χ0n) is 11.2. The van der Waals surface area contributed by atoms with Crippen LogP contribution in [0.4, 0.5) is 5.69 Å². The lowest BCUT2D eigenvalue weighted by Crippen LogP contribution is -2.30. The molecule has 0 bridgehead atoms. The van der Waals surface area contributed by atoms with E-state index < -0.39 is 16.1 Å². The van der Waals surface area contributed by atoms with Crippen LogP contribution in [-0.2, 0) is 10.0 Å². The van der Waals surface area contributed by atoms with Crippen LogP contribution < -0.4 is 4.72 Å². The van der Waals surface area contributed by atoms with Crippen LogP contribution in [0.3, 0.4) is 0 Å². The number of hydrogen-bond donors (Lipinski definition) is 2. The van der Waals surface area contributed by atoms with Gasteiger partial charge in [0.2, 0.25) is 10.0 Å². The summed E-state index contributed by atoms with van der Waals surface area (Å²) < 4.78 is 27.3. The van der Waals surface area contributed by atoms with Crippen molar-refractivity contribution in [3.05, 3.63) is 29.8 Å². The molecule has 1 fully saturated rings. The molecule has 19 heavy (non-hydrogen) atoms. The van der Waals surface area contributed by atoms with Crippen molar-refractivity contribution in [1.29, 1.82) is 0 Å². The van der Waals surface area contributed by atoms with Gasteiger partial charge in [-0.3, -0.25) is 4.72 Å². The lowest BCUT2D eigenvalue weighted by molar-refractivity contribution is 0.200. The maximum absolute atomic E-state index is 12.3. The Labute approximate surface area is 114 Å². The SMILES string of the molecule is CC(O)c1ccccc1NS(=O)(=O)C1CCCCC1. The van der Waals surface area contributed by atoms with Gasteiger partial charge < -0.3 is 5.11 Å². The number of para-hydroxylation sites is 1. The van der Waals surface area contributed by atoms with E-state index in [1.165, 1.54) is 0 Å². The first-order chi connectivity index (χ1) is 9.00. The summed E-state index contributed by atoms with van der Waals surface area (Å²) in [7, 11) is -3.35. The van der Waals surface area contributed by atoms with Crippen molar-refractivity contribution in [2.75, 3.05) is 4.72 Å². The normalized spacial score (nSPS) is 19.1. The first kappa shape index (κ1) is 14.3. The Kier molecular flexibility index (Phi) is 4.47. The van der Waals surface area contributed by atoms with Gasteiger partial charge in [-0.25, -0.2) is 8.42 Å². The van der Waals surface area contributed by atoms with Crippen LogP contribution in [0.2, 0.25) is 0 Å². The third-order valence-corrected chi connectivity index (χ3v) is 5.51. The van der Waals surface area contributed by atoms with Crippen LogP contribution in [-0.4, -0.2) is 18.8 Å². The number of aliphatic hydroxyl groups excluding tert-OH is 1. The lowest BCUT2D eigenvalue weighted by Gasteiger charge is -2.23. The number of benzene rings is 1. The Morgan fingerprint density at radius 3 is 2.47 bits per heavy atom. The van der Waals surface area contributed by atoms with Gasteiger partial charge in [-0.15, -0.1) is 0 Å². The second kappa shape index (κ2) is 5.92. The van der Waals surface area contributed by atoms with Crippen molar-refractivity contribution in [1.82, 2.24) is 0 Å². The van der Waals surface area contributed by atoms with Crippen LogP contribution in [0.15, 0.2) is 24.3 Å². The van der Waals surface area contributed by atoms with Gasteiger partial charge in [0.1, 0.15) is 0 Å². The second-order valence-electron chi connectivity index (χ2n) is 5.17. The number of anilines is 1. The molecule has 1 aliphatic carbocycles. The van der Waals surface area contributed by atoms with Crippen molar-refractivity contribution in [2.24, 2.45) is 0 Å². The van der Waals surface area contributed by atoms with Crippen LogP contribution in [0.5, 0.6) is 0 Å². The summed E-state index contributed by atoms with van der Waals surface area (Å²) in [5.41, 5.74) is 1.10. The van der Waals surface area contributed by atoms with E-state index in [-0.39, 0.29) is 5.25 Å². The zero-order chi connectivity index (χ0) is 13.9. The molecule has 0 amide bonds. The first-order valence-corrected chi connectivity index (χ1v) is 8.34. The average Bonchev–Trinajstić information content (AvgIpc) is 2.39. The molecule has 1 atom stereocenters. The maximum atomic E-state index is 12.3. The summed E-state index contributed by atoms with van der Waals surface area (Å²) in [6.45, 7) is 1.63. The molecular weight excluding hydrogens is 262 g/mol. The highest BCUT2D eigenvalue weighted by Crippen LogP contribution is 2.28. The Hall–Kier alpha value is -1.07. The van der Waals surface area contributed by atoms with Gasteiger partial charge in [0.15, 0.2) is 0 Å².